The number of anilines is 2. The van der Waals surface area contributed by atoms with Crippen LogP contribution in [0.15, 0.2) is 60.0 Å². The Bertz CT molecular complexity index is 1000. The summed E-state index contributed by atoms with van der Waals surface area (Å²) in [6, 6.07) is 15.8. The first-order valence-electron chi connectivity index (χ1n) is 8.25. The normalized spacial score (nSPS) is 11.9. The fourth-order valence-electron chi connectivity index (χ4n) is 2.81. The van der Waals surface area contributed by atoms with Crippen LogP contribution in [0.1, 0.15) is 20.0 Å². The van der Waals surface area contributed by atoms with Crippen molar-refractivity contribution in [2.45, 2.75) is 0 Å². The van der Waals surface area contributed by atoms with E-state index >= 15 is 0 Å². The Kier molecular flexibility index (Phi) is 4.52. The molecule has 0 bridgehead atoms. The van der Waals surface area contributed by atoms with E-state index in [4.69, 9.17) is 9.47 Å². The lowest BCUT2D eigenvalue weighted by Crippen LogP contribution is -2.28. The van der Waals surface area contributed by atoms with E-state index < -0.39 is 0 Å². The molecule has 0 saturated carbocycles. The van der Waals surface area contributed by atoms with Crippen LogP contribution in [0.4, 0.5) is 11.4 Å². The molecule has 0 radical (unpaired) electrons. The van der Waals surface area contributed by atoms with Crippen LogP contribution in [0.25, 0.3) is 0 Å². The molecule has 0 fully saturated rings. The van der Waals surface area contributed by atoms with Crippen LogP contribution in [-0.4, -0.2) is 25.7 Å². The number of hydrogen-bond donors (Lipinski definition) is 1. The van der Waals surface area contributed by atoms with E-state index in [1.54, 1.807) is 55.6 Å². The molecule has 7 heteroatoms. The molecule has 0 saturated heterocycles. The third-order valence-corrected chi connectivity index (χ3v) is 5.03. The van der Waals surface area contributed by atoms with Gasteiger partial charge in [-0.1, -0.05) is 18.2 Å². The Balaban J connectivity index is 1.58. The van der Waals surface area contributed by atoms with Gasteiger partial charge in [-0.15, -0.1) is 11.3 Å². The Morgan fingerprint density at radius 1 is 1.04 bits per heavy atom. The lowest BCUT2D eigenvalue weighted by atomic mass is 10.1. The molecule has 136 valence electrons. The number of amides is 2. The van der Waals surface area contributed by atoms with Gasteiger partial charge in [0.1, 0.15) is 0 Å². The van der Waals surface area contributed by atoms with Gasteiger partial charge in [0.15, 0.2) is 11.5 Å². The molecule has 0 unspecified atom stereocenters. The summed E-state index contributed by atoms with van der Waals surface area (Å²) in [5.41, 5.74) is 1.53. The van der Waals surface area contributed by atoms with Crippen LogP contribution in [0, 0.1) is 0 Å². The van der Waals surface area contributed by atoms with Gasteiger partial charge in [0.25, 0.3) is 11.8 Å². The van der Waals surface area contributed by atoms with Crippen molar-refractivity contribution < 1.29 is 19.1 Å². The second kappa shape index (κ2) is 7.13. The second-order valence-corrected chi connectivity index (χ2v) is 6.83. The highest BCUT2D eigenvalue weighted by Gasteiger charge is 2.21. The number of nitrogens with one attached hydrogen (secondary N) is 1. The Labute approximate surface area is 159 Å². The first-order valence-corrected chi connectivity index (χ1v) is 9.13. The second-order valence-electron chi connectivity index (χ2n) is 5.88. The molecule has 3 aromatic rings. The molecule has 0 spiro atoms. The highest BCUT2D eigenvalue weighted by atomic mass is 32.1. The van der Waals surface area contributed by atoms with Crippen LogP contribution < -0.4 is 19.7 Å². The number of ether oxygens (including phenoxy) is 2. The molecule has 6 nitrogen and oxygen atoms in total. The molecule has 0 aliphatic carbocycles. The molecule has 1 aliphatic rings. The van der Waals surface area contributed by atoms with Crippen molar-refractivity contribution in [2.24, 2.45) is 0 Å². The monoisotopic (exact) mass is 380 g/mol. The van der Waals surface area contributed by atoms with Crippen molar-refractivity contribution in [3.63, 3.8) is 0 Å². The van der Waals surface area contributed by atoms with E-state index in [1.807, 2.05) is 11.4 Å². The third kappa shape index (κ3) is 3.37. The van der Waals surface area contributed by atoms with Gasteiger partial charge < -0.3 is 19.7 Å². The number of nitrogens with zero attached hydrogens (tertiary/aromatic N) is 1. The van der Waals surface area contributed by atoms with Crippen molar-refractivity contribution in [1.82, 2.24) is 0 Å². The molecule has 1 aliphatic heterocycles. The molecule has 4 rings (SSSR count). The number of carbonyl (C=O) groups excluding carboxylic acids is 2. The minimum Gasteiger partial charge on any atom is -0.454 e. The van der Waals surface area contributed by atoms with E-state index in [0.29, 0.717) is 33.3 Å². The van der Waals surface area contributed by atoms with E-state index in [9.17, 15) is 9.59 Å². The van der Waals surface area contributed by atoms with E-state index in [2.05, 4.69) is 5.32 Å². The van der Waals surface area contributed by atoms with Gasteiger partial charge in [-0.2, -0.15) is 0 Å². The van der Waals surface area contributed by atoms with Gasteiger partial charge in [0.2, 0.25) is 6.79 Å². The molecule has 1 aromatic heterocycles. The quantitative estimate of drug-likeness (QED) is 0.743. The fourth-order valence-corrected chi connectivity index (χ4v) is 3.50. The topological polar surface area (TPSA) is 67.9 Å². The molecule has 2 aromatic carbocycles. The minimum atomic E-state index is -0.310. The highest BCUT2D eigenvalue weighted by molar-refractivity contribution is 7.12. The summed E-state index contributed by atoms with van der Waals surface area (Å²) >= 11 is 1.36. The maximum absolute atomic E-state index is 12.8. The van der Waals surface area contributed by atoms with Crippen molar-refractivity contribution in [1.29, 1.82) is 0 Å². The molecule has 2 amide bonds. The highest BCUT2D eigenvalue weighted by Crippen LogP contribution is 2.34. The number of hydrogen-bond acceptors (Lipinski definition) is 5. The third-order valence-electron chi connectivity index (χ3n) is 4.18. The fraction of sp³-hybridized carbons (Fsp3) is 0.100. The van der Waals surface area contributed by atoms with Crippen LogP contribution in [0.5, 0.6) is 11.5 Å². The number of para-hydroxylation sites is 1. The summed E-state index contributed by atoms with van der Waals surface area (Å²) in [5.74, 6) is 0.768. The van der Waals surface area contributed by atoms with E-state index in [-0.39, 0.29) is 18.6 Å². The summed E-state index contributed by atoms with van der Waals surface area (Å²) < 4.78 is 10.6. The number of benzene rings is 2. The van der Waals surface area contributed by atoms with E-state index in [0.717, 1.165) is 0 Å². The summed E-state index contributed by atoms with van der Waals surface area (Å²) in [5, 5.41) is 4.69. The Morgan fingerprint density at radius 3 is 2.67 bits per heavy atom. The summed E-state index contributed by atoms with van der Waals surface area (Å²) in [6.45, 7) is 0.172. The van der Waals surface area contributed by atoms with E-state index in [1.165, 1.54) is 16.2 Å². The van der Waals surface area contributed by atoms with Crippen LogP contribution in [0.2, 0.25) is 0 Å². The zero-order chi connectivity index (χ0) is 18.8. The van der Waals surface area contributed by atoms with Gasteiger partial charge in [0, 0.05) is 18.8 Å². The molecule has 0 atom stereocenters. The van der Waals surface area contributed by atoms with Crippen molar-refractivity contribution in [2.75, 3.05) is 24.1 Å². The molecular formula is C20H16N2O4S. The summed E-state index contributed by atoms with van der Waals surface area (Å²) in [4.78, 5) is 27.6. The van der Waals surface area contributed by atoms with Crippen molar-refractivity contribution in [3.8, 4) is 11.5 Å². The zero-order valence-electron chi connectivity index (χ0n) is 14.5. The Morgan fingerprint density at radius 2 is 1.85 bits per heavy atom. The maximum Gasteiger partial charge on any atom is 0.268 e. The van der Waals surface area contributed by atoms with Crippen molar-refractivity contribution >= 4 is 34.5 Å². The SMILES string of the molecule is CN(C(=O)c1cccs1)c1ccccc1C(=O)Nc1ccc2c(c1)OCO2. The molecule has 1 N–H and O–H groups in total. The molecular weight excluding hydrogens is 364 g/mol. The number of rotatable bonds is 4. The summed E-state index contributed by atoms with van der Waals surface area (Å²) in [7, 11) is 1.66. The lowest BCUT2D eigenvalue weighted by molar-refractivity contribution is 0.0996. The molecule has 2 heterocycles. The average Bonchev–Trinajstić information content (AvgIpc) is 3.38. The number of carbonyl (C=O) groups is 2. The maximum atomic E-state index is 12.8. The van der Waals surface area contributed by atoms with Gasteiger partial charge in [-0.3, -0.25) is 9.59 Å². The smallest absolute Gasteiger partial charge is 0.268 e. The Hall–Kier alpha value is -3.32. The number of thiophene rings is 1. The number of fused-ring (bicyclic) bond motifs is 1. The van der Waals surface area contributed by atoms with Crippen LogP contribution >= 0.6 is 11.3 Å². The first kappa shape index (κ1) is 17.1. The lowest BCUT2D eigenvalue weighted by Gasteiger charge is -2.20. The van der Waals surface area contributed by atoms with Gasteiger partial charge >= 0.3 is 0 Å². The van der Waals surface area contributed by atoms with Crippen LogP contribution in [0.3, 0.4) is 0 Å². The molecule has 27 heavy (non-hydrogen) atoms. The van der Waals surface area contributed by atoms with Gasteiger partial charge in [-0.05, 0) is 35.7 Å². The minimum absolute atomic E-state index is 0.159. The van der Waals surface area contributed by atoms with Gasteiger partial charge in [-0.25, -0.2) is 0 Å². The average molecular weight is 380 g/mol. The predicted molar refractivity (Wildman–Crippen MR) is 104 cm³/mol. The largest absolute Gasteiger partial charge is 0.454 e. The predicted octanol–water partition coefficient (Wildman–Crippen LogP) is 4.01. The standard InChI is InChI=1S/C20H16N2O4S/c1-22(20(24)18-7-4-10-27-18)15-6-3-2-5-14(15)19(23)21-13-8-9-16-17(11-13)26-12-25-16/h2-11H,12H2,1H3,(H,21,23). The van der Waals surface area contributed by atoms with Crippen LogP contribution in [-0.2, 0) is 0 Å². The summed E-state index contributed by atoms with van der Waals surface area (Å²) in [6.07, 6.45) is 0. The zero-order valence-corrected chi connectivity index (χ0v) is 15.3. The van der Waals surface area contributed by atoms with Gasteiger partial charge in [0.05, 0.1) is 16.1 Å². The first-order chi connectivity index (χ1) is 13.1. The van der Waals surface area contributed by atoms with Crippen molar-refractivity contribution in [3.05, 3.63) is 70.4 Å².